The maximum atomic E-state index is 10.5. The highest BCUT2D eigenvalue weighted by atomic mass is 31.1. The van der Waals surface area contributed by atoms with Gasteiger partial charge in [0, 0.05) is 15.7 Å². The van der Waals surface area contributed by atoms with E-state index in [2.05, 4.69) is 9.05 Å². The smallest absolute Gasteiger partial charge is 0.337 e. The van der Waals surface area contributed by atoms with Crippen LogP contribution in [0.4, 0.5) is 0 Å². The first-order valence-electron chi connectivity index (χ1n) is 5.06. The molecule has 0 aliphatic carbocycles. The number of aliphatic hydroxyl groups is 1. The lowest BCUT2D eigenvalue weighted by Crippen LogP contribution is -2.36. The standard InChI is InChI=1S/C7H13NO7P2/c9-7(14-16(10)11,15-17(12)13)3-6-8-4-1-2-5-8/h9H,1-6H2/p+2. The molecule has 0 amide bonds. The summed E-state index contributed by atoms with van der Waals surface area (Å²) >= 11 is 0. The van der Waals surface area contributed by atoms with Crippen molar-refractivity contribution in [3.8, 4) is 0 Å². The van der Waals surface area contributed by atoms with E-state index in [0.29, 0.717) is 6.54 Å². The Bertz CT molecular complexity index is 278. The summed E-state index contributed by atoms with van der Waals surface area (Å²) in [6.45, 7) is 2.06. The third kappa shape index (κ3) is 5.90. The molecule has 0 bridgehead atoms. The Morgan fingerprint density at radius 3 is 2.00 bits per heavy atom. The minimum Gasteiger partial charge on any atom is -0.337 e. The van der Waals surface area contributed by atoms with E-state index >= 15 is 0 Å². The van der Waals surface area contributed by atoms with E-state index < -0.39 is 22.5 Å². The van der Waals surface area contributed by atoms with Crippen LogP contribution in [0.15, 0.2) is 0 Å². The molecule has 0 aromatic carbocycles. The van der Waals surface area contributed by atoms with Crippen LogP contribution in [-0.4, -0.2) is 45.4 Å². The third-order valence-corrected chi connectivity index (χ3v) is 3.27. The molecule has 1 heterocycles. The fourth-order valence-corrected chi connectivity index (χ4v) is 2.46. The molecule has 17 heavy (non-hydrogen) atoms. The van der Waals surface area contributed by atoms with Crippen LogP contribution < -0.4 is 0 Å². The van der Waals surface area contributed by atoms with Gasteiger partial charge in [0.05, 0.1) is 6.42 Å². The highest BCUT2D eigenvalue weighted by Gasteiger charge is 2.48. The van der Waals surface area contributed by atoms with Crippen molar-refractivity contribution in [2.24, 2.45) is 0 Å². The second-order valence-corrected chi connectivity index (χ2v) is 4.99. The molecule has 0 aromatic rings. The molecule has 1 saturated heterocycles. The van der Waals surface area contributed by atoms with Gasteiger partial charge in [0.2, 0.25) is 0 Å². The van der Waals surface area contributed by atoms with Gasteiger partial charge in [-0.15, -0.1) is 9.79 Å². The molecule has 0 aromatic heterocycles. The van der Waals surface area contributed by atoms with E-state index in [9.17, 15) is 14.2 Å². The normalized spacial score (nSPS) is 22.3. The van der Waals surface area contributed by atoms with Gasteiger partial charge in [0.1, 0.15) is 0 Å². The first kappa shape index (κ1) is 15.0. The predicted molar refractivity (Wildman–Crippen MR) is 57.1 cm³/mol. The molecule has 98 valence electrons. The van der Waals surface area contributed by atoms with Crippen LogP contribution in [0.3, 0.4) is 0 Å². The minimum absolute atomic E-state index is 0.184. The van der Waals surface area contributed by atoms with Gasteiger partial charge in [-0.3, -0.25) is 0 Å². The Labute approximate surface area is 100 Å². The molecule has 0 saturated carbocycles. The molecule has 1 aliphatic heterocycles. The van der Waals surface area contributed by atoms with Crippen molar-refractivity contribution >= 4 is 16.5 Å². The van der Waals surface area contributed by atoms with E-state index in [-0.39, 0.29) is 6.42 Å². The van der Waals surface area contributed by atoms with Crippen LogP contribution in [0.5, 0.6) is 0 Å². The highest BCUT2D eigenvalue weighted by Crippen LogP contribution is 2.35. The predicted octanol–water partition coefficient (Wildman–Crippen LogP) is 0.451. The quantitative estimate of drug-likeness (QED) is 0.456. The average molecular weight is 287 g/mol. The third-order valence-electron chi connectivity index (χ3n) is 2.38. The lowest BCUT2D eigenvalue weighted by Gasteiger charge is -2.19. The first-order valence-corrected chi connectivity index (χ1v) is 7.32. The number of likely N-dealkylation sites (tertiary alicyclic amines) is 1. The Morgan fingerprint density at radius 2 is 1.59 bits per heavy atom. The molecule has 1 aliphatic rings. The summed E-state index contributed by atoms with van der Waals surface area (Å²) in [4.78, 5) is 19.1. The van der Waals surface area contributed by atoms with Crippen LogP contribution in [0.2, 0.25) is 0 Å². The molecular weight excluding hydrogens is 272 g/mol. The van der Waals surface area contributed by atoms with E-state index in [1.54, 1.807) is 0 Å². The van der Waals surface area contributed by atoms with Crippen LogP contribution in [0.25, 0.3) is 0 Å². The van der Waals surface area contributed by atoms with Crippen LogP contribution in [-0.2, 0) is 18.2 Å². The zero-order valence-corrected chi connectivity index (χ0v) is 10.8. The second kappa shape index (κ2) is 6.78. The average Bonchev–Trinajstić information content (AvgIpc) is 2.64. The van der Waals surface area contributed by atoms with Gasteiger partial charge in [-0.1, -0.05) is 0 Å². The van der Waals surface area contributed by atoms with Crippen LogP contribution in [0, 0.1) is 0 Å². The molecule has 1 rings (SSSR count). The summed E-state index contributed by atoms with van der Waals surface area (Å²) in [6, 6.07) is 0. The molecular formula is C7H15NO7P2+2. The Morgan fingerprint density at radius 1 is 1.12 bits per heavy atom. The van der Waals surface area contributed by atoms with Gasteiger partial charge >= 0.3 is 22.5 Å². The lowest BCUT2D eigenvalue weighted by molar-refractivity contribution is -0.277. The number of rotatable bonds is 7. The molecule has 10 heteroatoms. The highest BCUT2D eigenvalue weighted by molar-refractivity contribution is 7.33. The SMILES string of the molecule is O=[P+](O)OC(O)(CCN1CCCC1)O[P+](=O)O. The van der Waals surface area contributed by atoms with E-state index in [4.69, 9.17) is 9.79 Å². The van der Waals surface area contributed by atoms with Gasteiger partial charge in [0.25, 0.3) is 0 Å². The molecule has 0 spiro atoms. The Hall–Kier alpha value is -0.0400. The van der Waals surface area contributed by atoms with Crippen molar-refractivity contribution in [1.29, 1.82) is 0 Å². The van der Waals surface area contributed by atoms with Gasteiger partial charge in [0.15, 0.2) is 0 Å². The number of hydrogen-bond acceptors (Lipinski definition) is 6. The largest absolute Gasteiger partial charge is 0.700 e. The molecule has 3 N–H and O–H groups in total. The van der Waals surface area contributed by atoms with Crippen LogP contribution in [0.1, 0.15) is 19.3 Å². The van der Waals surface area contributed by atoms with Gasteiger partial charge in [-0.25, -0.2) is 0 Å². The summed E-state index contributed by atoms with van der Waals surface area (Å²) in [7, 11) is -6.25. The second-order valence-electron chi connectivity index (χ2n) is 3.67. The topological polar surface area (TPSA) is 117 Å². The summed E-state index contributed by atoms with van der Waals surface area (Å²) in [5, 5.41) is 9.65. The van der Waals surface area contributed by atoms with E-state index in [1.165, 1.54) is 0 Å². The minimum atomic E-state index is -3.13. The summed E-state index contributed by atoms with van der Waals surface area (Å²) in [5.41, 5.74) is 0. The van der Waals surface area contributed by atoms with Crippen molar-refractivity contribution in [3.05, 3.63) is 0 Å². The Kier molecular flexibility index (Phi) is 5.99. The fourth-order valence-electron chi connectivity index (χ4n) is 1.66. The summed E-state index contributed by atoms with van der Waals surface area (Å²) in [6.07, 6.45) is 1.90. The molecule has 1 fully saturated rings. The summed E-state index contributed by atoms with van der Waals surface area (Å²) in [5.74, 6) is -2.51. The van der Waals surface area contributed by atoms with E-state index in [0.717, 1.165) is 25.9 Å². The lowest BCUT2D eigenvalue weighted by atomic mass is 10.3. The van der Waals surface area contributed by atoms with Crippen molar-refractivity contribution in [2.45, 2.75) is 25.2 Å². The van der Waals surface area contributed by atoms with Gasteiger partial charge in [-0.2, -0.15) is 0 Å². The monoisotopic (exact) mass is 287 g/mol. The maximum absolute atomic E-state index is 10.5. The summed E-state index contributed by atoms with van der Waals surface area (Å²) < 4.78 is 29.4. The van der Waals surface area contributed by atoms with E-state index in [1.807, 2.05) is 4.90 Å². The molecule has 2 unspecified atom stereocenters. The molecule has 0 radical (unpaired) electrons. The number of hydrogen-bond donors (Lipinski definition) is 3. The van der Waals surface area contributed by atoms with Crippen molar-refractivity contribution in [3.63, 3.8) is 0 Å². The number of nitrogens with zero attached hydrogens (tertiary/aromatic N) is 1. The van der Waals surface area contributed by atoms with Crippen molar-refractivity contribution in [1.82, 2.24) is 4.90 Å². The van der Waals surface area contributed by atoms with Crippen molar-refractivity contribution < 1.29 is 33.1 Å². The van der Waals surface area contributed by atoms with Crippen molar-refractivity contribution in [2.75, 3.05) is 19.6 Å². The fraction of sp³-hybridized carbons (Fsp3) is 1.00. The van der Waals surface area contributed by atoms with Gasteiger partial charge < -0.3 is 10.0 Å². The zero-order chi connectivity index (χ0) is 12.9. The Balaban J connectivity index is 2.49. The van der Waals surface area contributed by atoms with Gasteiger partial charge in [-0.05, 0) is 35.0 Å². The molecule has 2 atom stereocenters. The maximum Gasteiger partial charge on any atom is 0.700 e. The first-order chi connectivity index (χ1) is 7.91. The molecule has 8 nitrogen and oxygen atoms in total. The zero-order valence-electron chi connectivity index (χ0n) is 9.06. The van der Waals surface area contributed by atoms with Crippen LogP contribution >= 0.6 is 16.5 Å².